The van der Waals surface area contributed by atoms with Crippen LogP contribution in [0.1, 0.15) is 5.56 Å². The van der Waals surface area contributed by atoms with Crippen molar-refractivity contribution in [2.75, 3.05) is 45.9 Å². The molecule has 1 fully saturated rings. The van der Waals surface area contributed by atoms with Crippen LogP contribution in [0, 0.1) is 17.0 Å². The minimum absolute atomic E-state index is 0.125. The first-order valence-corrected chi connectivity index (χ1v) is 9.59. The number of piperazine rings is 1. The normalized spacial score (nSPS) is 14.4. The number of ether oxygens (including phenoxy) is 2. The van der Waals surface area contributed by atoms with Gasteiger partial charge in [-0.05, 0) is 30.7 Å². The van der Waals surface area contributed by atoms with Crippen LogP contribution in [-0.2, 0) is 4.79 Å². The molecule has 0 spiro atoms. The molecule has 8 nitrogen and oxygen atoms in total. The Balaban J connectivity index is 1.41. The molecule has 2 aromatic rings. The van der Waals surface area contributed by atoms with Crippen molar-refractivity contribution in [3.05, 3.63) is 64.2 Å². The third kappa shape index (κ3) is 5.92. The molecule has 0 saturated carbocycles. The highest BCUT2D eigenvalue weighted by molar-refractivity contribution is 5.78. The average Bonchev–Trinajstić information content (AvgIpc) is 2.73. The van der Waals surface area contributed by atoms with E-state index in [-0.39, 0.29) is 24.0 Å². The number of hydrogen-bond acceptors (Lipinski definition) is 6. The van der Waals surface area contributed by atoms with Gasteiger partial charge in [0.25, 0.3) is 5.91 Å². The highest BCUT2D eigenvalue weighted by atomic mass is 16.6. The van der Waals surface area contributed by atoms with Crippen LogP contribution in [0.5, 0.6) is 11.5 Å². The Morgan fingerprint density at radius 2 is 1.79 bits per heavy atom. The lowest BCUT2D eigenvalue weighted by Gasteiger charge is -2.34. The van der Waals surface area contributed by atoms with Crippen molar-refractivity contribution in [3.63, 3.8) is 0 Å². The molecule has 2 aromatic carbocycles. The quantitative estimate of drug-likeness (QED) is 0.501. The van der Waals surface area contributed by atoms with Gasteiger partial charge in [0.15, 0.2) is 12.4 Å². The van der Waals surface area contributed by atoms with Crippen LogP contribution in [0.3, 0.4) is 0 Å². The van der Waals surface area contributed by atoms with Crippen LogP contribution in [0.15, 0.2) is 48.5 Å². The first-order valence-electron chi connectivity index (χ1n) is 9.59. The molecule has 1 saturated heterocycles. The summed E-state index contributed by atoms with van der Waals surface area (Å²) in [4.78, 5) is 27.0. The number of carbonyl (C=O) groups is 1. The standard InChI is InChI=1S/C21H25N3O5/c1-17-7-8-19(24(26)27)20(15-17)29-16-21(25)23-11-9-22(10-12-23)13-14-28-18-5-3-2-4-6-18/h2-8,15H,9-14,16H2,1H3. The molecule has 0 atom stereocenters. The number of para-hydroxylation sites is 1. The van der Waals surface area contributed by atoms with E-state index in [1.165, 1.54) is 6.07 Å². The maximum absolute atomic E-state index is 12.4. The van der Waals surface area contributed by atoms with Gasteiger partial charge in [0.2, 0.25) is 0 Å². The molecule has 8 heteroatoms. The van der Waals surface area contributed by atoms with E-state index in [2.05, 4.69) is 4.90 Å². The summed E-state index contributed by atoms with van der Waals surface area (Å²) < 4.78 is 11.2. The molecule has 1 amide bonds. The monoisotopic (exact) mass is 399 g/mol. The Hall–Kier alpha value is -3.13. The van der Waals surface area contributed by atoms with Crippen LogP contribution in [0.2, 0.25) is 0 Å². The average molecular weight is 399 g/mol. The third-order valence-electron chi connectivity index (χ3n) is 4.81. The SMILES string of the molecule is Cc1ccc([N+](=O)[O-])c(OCC(=O)N2CCN(CCOc3ccccc3)CC2)c1. The second-order valence-corrected chi connectivity index (χ2v) is 6.90. The van der Waals surface area contributed by atoms with Gasteiger partial charge in [-0.2, -0.15) is 0 Å². The van der Waals surface area contributed by atoms with Crippen molar-refractivity contribution in [1.29, 1.82) is 0 Å². The summed E-state index contributed by atoms with van der Waals surface area (Å²) in [6, 6.07) is 14.3. The van der Waals surface area contributed by atoms with Gasteiger partial charge >= 0.3 is 5.69 Å². The van der Waals surface area contributed by atoms with Crippen LogP contribution < -0.4 is 9.47 Å². The molecule has 0 radical (unpaired) electrons. The molecule has 0 aliphatic carbocycles. The number of nitrogens with zero attached hydrogens (tertiary/aromatic N) is 3. The van der Waals surface area contributed by atoms with E-state index >= 15 is 0 Å². The smallest absolute Gasteiger partial charge is 0.310 e. The summed E-state index contributed by atoms with van der Waals surface area (Å²) >= 11 is 0. The molecule has 29 heavy (non-hydrogen) atoms. The second kappa shape index (κ2) is 9.88. The van der Waals surface area contributed by atoms with Crippen LogP contribution in [0.4, 0.5) is 5.69 Å². The number of hydrogen-bond donors (Lipinski definition) is 0. The molecule has 0 aromatic heterocycles. The topological polar surface area (TPSA) is 85.1 Å². The first kappa shape index (κ1) is 20.6. The number of amides is 1. The van der Waals surface area contributed by atoms with Crippen LogP contribution in [-0.4, -0.2) is 66.6 Å². The highest BCUT2D eigenvalue weighted by Crippen LogP contribution is 2.27. The molecule has 3 rings (SSSR count). The van der Waals surface area contributed by atoms with E-state index in [0.29, 0.717) is 19.7 Å². The van der Waals surface area contributed by atoms with Crippen molar-refractivity contribution >= 4 is 11.6 Å². The molecule has 0 unspecified atom stereocenters. The van der Waals surface area contributed by atoms with Crippen LogP contribution >= 0.6 is 0 Å². The summed E-state index contributed by atoms with van der Waals surface area (Å²) in [6.45, 7) is 5.72. The largest absolute Gasteiger partial charge is 0.492 e. The molecule has 0 N–H and O–H groups in total. The van der Waals surface area contributed by atoms with Gasteiger partial charge in [-0.1, -0.05) is 24.3 Å². The molecule has 0 bridgehead atoms. The fourth-order valence-corrected chi connectivity index (χ4v) is 3.15. The van der Waals surface area contributed by atoms with Crippen molar-refractivity contribution < 1.29 is 19.2 Å². The predicted molar refractivity (Wildman–Crippen MR) is 108 cm³/mol. The lowest BCUT2D eigenvalue weighted by atomic mass is 10.2. The van der Waals surface area contributed by atoms with Crippen molar-refractivity contribution in [2.24, 2.45) is 0 Å². The summed E-state index contributed by atoms with van der Waals surface area (Å²) in [7, 11) is 0. The molecule has 154 valence electrons. The van der Waals surface area contributed by atoms with Gasteiger partial charge in [0, 0.05) is 38.8 Å². The third-order valence-corrected chi connectivity index (χ3v) is 4.81. The lowest BCUT2D eigenvalue weighted by Crippen LogP contribution is -2.50. The van der Waals surface area contributed by atoms with Crippen molar-refractivity contribution in [1.82, 2.24) is 9.80 Å². The van der Waals surface area contributed by atoms with Gasteiger partial charge < -0.3 is 14.4 Å². The number of carbonyl (C=O) groups excluding carboxylic acids is 1. The highest BCUT2D eigenvalue weighted by Gasteiger charge is 2.22. The first-order chi connectivity index (χ1) is 14.0. The Morgan fingerprint density at radius 3 is 2.48 bits per heavy atom. The fraction of sp³-hybridized carbons (Fsp3) is 0.381. The van der Waals surface area contributed by atoms with E-state index in [4.69, 9.17) is 9.47 Å². The molecule has 1 aliphatic heterocycles. The molecular weight excluding hydrogens is 374 g/mol. The van der Waals surface area contributed by atoms with Gasteiger partial charge in [-0.15, -0.1) is 0 Å². The van der Waals surface area contributed by atoms with Gasteiger partial charge in [-0.3, -0.25) is 19.8 Å². The van der Waals surface area contributed by atoms with Crippen LogP contribution in [0.25, 0.3) is 0 Å². The Kier molecular flexibility index (Phi) is 7.02. The van der Waals surface area contributed by atoms with Crippen molar-refractivity contribution in [2.45, 2.75) is 6.92 Å². The minimum Gasteiger partial charge on any atom is -0.492 e. The molecular formula is C21H25N3O5. The van der Waals surface area contributed by atoms with E-state index in [0.717, 1.165) is 30.9 Å². The predicted octanol–water partition coefficient (Wildman–Crippen LogP) is 2.51. The van der Waals surface area contributed by atoms with E-state index in [1.54, 1.807) is 17.0 Å². The minimum atomic E-state index is -0.504. The van der Waals surface area contributed by atoms with E-state index in [1.807, 2.05) is 37.3 Å². The maximum atomic E-state index is 12.4. The van der Waals surface area contributed by atoms with E-state index < -0.39 is 4.92 Å². The van der Waals surface area contributed by atoms with Gasteiger partial charge in [0.1, 0.15) is 12.4 Å². The fourth-order valence-electron chi connectivity index (χ4n) is 3.15. The Labute approximate surface area is 169 Å². The number of nitro benzene ring substituents is 1. The van der Waals surface area contributed by atoms with Gasteiger partial charge in [0.05, 0.1) is 4.92 Å². The summed E-state index contributed by atoms with van der Waals surface area (Å²) in [5.74, 6) is 0.810. The zero-order valence-corrected chi connectivity index (χ0v) is 16.5. The summed E-state index contributed by atoms with van der Waals surface area (Å²) in [5, 5.41) is 11.1. The zero-order chi connectivity index (χ0) is 20.6. The second-order valence-electron chi connectivity index (χ2n) is 6.90. The lowest BCUT2D eigenvalue weighted by molar-refractivity contribution is -0.385. The summed E-state index contributed by atoms with van der Waals surface area (Å²) in [5.41, 5.74) is 0.705. The summed E-state index contributed by atoms with van der Waals surface area (Å²) in [6.07, 6.45) is 0. The molecule has 1 aliphatic rings. The zero-order valence-electron chi connectivity index (χ0n) is 16.5. The van der Waals surface area contributed by atoms with E-state index in [9.17, 15) is 14.9 Å². The Bertz CT molecular complexity index is 835. The van der Waals surface area contributed by atoms with Gasteiger partial charge in [-0.25, -0.2) is 0 Å². The number of benzene rings is 2. The maximum Gasteiger partial charge on any atom is 0.310 e. The number of nitro groups is 1. The number of aryl methyl sites for hydroxylation is 1. The molecule has 1 heterocycles. The number of rotatable bonds is 8. The Morgan fingerprint density at radius 1 is 1.07 bits per heavy atom. The van der Waals surface area contributed by atoms with Crippen molar-refractivity contribution in [3.8, 4) is 11.5 Å².